The number of aromatic nitrogens is 1. The van der Waals surface area contributed by atoms with Crippen LogP contribution in [0.25, 0.3) is 10.9 Å². The van der Waals surface area contributed by atoms with Gasteiger partial charge in [-0.15, -0.1) is 0 Å². The molecular formula is C11H10ClF3N2. The van der Waals surface area contributed by atoms with Gasteiger partial charge in [-0.05, 0) is 18.6 Å². The summed E-state index contributed by atoms with van der Waals surface area (Å²) in [6.45, 7) is 1.70. The predicted octanol–water partition coefficient (Wildman–Crippen LogP) is 3.86. The Balaban J connectivity index is 2.79. The van der Waals surface area contributed by atoms with Gasteiger partial charge in [-0.1, -0.05) is 23.7 Å². The molecule has 0 saturated carbocycles. The molecule has 0 spiro atoms. The Morgan fingerprint density at radius 2 is 2.00 bits per heavy atom. The molecule has 3 N–H and O–H groups in total. The highest BCUT2D eigenvalue weighted by molar-refractivity contribution is 6.36. The third kappa shape index (κ3) is 2.00. The van der Waals surface area contributed by atoms with Gasteiger partial charge in [-0.25, -0.2) is 0 Å². The molecule has 17 heavy (non-hydrogen) atoms. The number of fused-ring (bicyclic) bond motifs is 1. The van der Waals surface area contributed by atoms with E-state index in [1.807, 2.05) is 0 Å². The summed E-state index contributed by atoms with van der Waals surface area (Å²) in [5, 5.41) is 0.0249. The maximum absolute atomic E-state index is 12.7. The molecule has 1 heterocycles. The van der Waals surface area contributed by atoms with Crippen molar-refractivity contribution in [1.82, 2.24) is 4.98 Å². The third-order valence-electron chi connectivity index (χ3n) is 2.57. The lowest BCUT2D eigenvalue weighted by Gasteiger charge is -2.07. The molecule has 6 heteroatoms. The lowest BCUT2D eigenvalue weighted by atomic mass is 10.0. The molecule has 1 atom stereocenters. The summed E-state index contributed by atoms with van der Waals surface area (Å²) in [5.41, 5.74) is 5.73. The number of alkyl halides is 3. The molecule has 2 aromatic rings. The van der Waals surface area contributed by atoms with Gasteiger partial charge >= 0.3 is 6.18 Å². The van der Waals surface area contributed by atoms with Crippen molar-refractivity contribution in [3.8, 4) is 0 Å². The molecule has 0 aliphatic carbocycles. The predicted molar refractivity (Wildman–Crippen MR) is 60.9 cm³/mol. The van der Waals surface area contributed by atoms with Crippen molar-refractivity contribution in [1.29, 1.82) is 0 Å². The highest BCUT2D eigenvalue weighted by Gasteiger charge is 2.36. The first-order valence-electron chi connectivity index (χ1n) is 4.95. The number of H-pyrrole nitrogens is 1. The van der Waals surface area contributed by atoms with E-state index >= 15 is 0 Å². The van der Waals surface area contributed by atoms with E-state index in [1.165, 1.54) is 0 Å². The summed E-state index contributed by atoms with van der Waals surface area (Å²) in [4.78, 5) is 2.29. The van der Waals surface area contributed by atoms with Crippen LogP contribution in [0.3, 0.4) is 0 Å². The number of hydrogen-bond acceptors (Lipinski definition) is 1. The topological polar surface area (TPSA) is 41.8 Å². The molecule has 0 fully saturated rings. The SMILES string of the molecule is CC(N)c1cccc2[nH]c(C(F)(F)F)c(Cl)c12. The van der Waals surface area contributed by atoms with Gasteiger partial charge in [0.25, 0.3) is 0 Å². The van der Waals surface area contributed by atoms with Gasteiger partial charge in [0.1, 0.15) is 5.69 Å². The van der Waals surface area contributed by atoms with E-state index in [4.69, 9.17) is 17.3 Å². The molecule has 0 aliphatic heterocycles. The smallest absolute Gasteiger partial charge is 0.350 e. The Labute approximate surface area is 101 Å². The van der Waals surface area contributed by atoms with Crippen molar-refractivity contribution in [2.75, 3.05) is 0 Å². The van der Waals surface area contributed by atoms with Crippen LogP contribution in [0.1, 0.15) is 24.2 Å². The minimum atomic E-state index is -4.49. The second-order valence-corrected chi connectivity index (χ2v) is 4.25. The maximum atomic E-state index is 12.7. The average molecular weight is 263 g/mol. The second-order valence-electron chi connectivity index (χ2n) is 3.87. The standard InChI is InChI=1S/C11H10ClF3N2/c1-5(16)6-3-2-4-7-8(6)9(12)10(17-7)11(13,14)15/h2-5,17H,16H2,1H3. The molecule has 0 bridgehead atoms. The number of nitrogens with one attached hydrogen (secondary N) is 1. The molecule has 1 aromatic carbocycles. The number of rotatable bonds is 1. The van der Waals surface area contributed by atoms with Crippen LogP contribution in [0.2, 0.25) is 5.02 Å². The molecule has 2 nitrogen and oxygen atoms in total. The van der Waals surface area contributed by atoms with Crippen molar-refractivity contribution in [2.45, 2.75) is 19.1 Å². The Kier molecular flexibility index (Phi) is 2.83. The third-order valence-corrected chi connectivity index (χ3v) is 2.95. The van der Waals surface area contributed by atoms with E-state index in [-0.39, 0.29) is 11.1 Å². The fourth-order valence-electron chi connectivity index (χ4n) is 1.81. The molecule has 0 amide bonds. The molecule has 1 aromatic heterocycles. The summed E-state index contributed by atoms with van der Waals surface area (Å²) in [7, 11) is 0. The van der Waals surface area contributed by atoms with E-state index in [0.717, 1.165) is 0 Å². The Morgan fingerprint density at radius 1 is 1.35 bits per heavy atom. The van der Waals surface area contributed by atoms with Gasteiger partial charge in [0, 0.05) is 16.9 Å². The van der Waals surface area contributed by atoms with Gasteiger partial charge < -0.3 is 10.7 Å². The first kappa shape index (κ1) is 12.3. The quantitative estimate of drug-likeness (QED) is 0.805. The van der Waals surface area contributed by atoms with Crippen molar-refractivity contribution in [3.63, 3.8) is 0 Å². The van der Waals surface area contributed by atoms with Gasteiger partial charge in [0.2, 0.25) is 0 Å². The average Bonchev–Trinajstić information content (AvgIpc) is 2.55. The molecule has 0 radical (unpaired) electrons. The zero-order chi connectivity index (χ0) is 12.8. The Bertz CT molecular complexity index is 558. The Morgan fingerprint density at radius 3 is 2.53 bits per heavy atom. The van der Waals surface area contributed by atoms with Crippen LogP contribution >= 0.6 is 11.6 Å². The number of aromatic amines is 1. The summed E-state index contributed by atoms with van der Waals surface area (Å²) < 4.78 is 38.0. The summed E-state index contributed by atoms with van der Waals surface area (Å²) in [6, 6.07) is 4.48. The van der Waals surface area contributed by atoms with Gasteiger partial charge in [0.05, 0.1) is 5.02 Å². The van der Waals surface area contributed by atoms with Crippen LogP contribution in [0, 0.1) is 0 Å². The minimum Gasteiger partial charge on any atom is -0.350 e. The van der Waals surface area contributed by atoms with Crippen LogP contribution in [0.4, 0.5) is 13.2 Å². The molecule has 2 rings (SSSR count). The largest absolute Gasteiger partial charge is 0.432 e. The van der Waals surface area contributed by atoms with Crippen LogP contribution in [0.5, 0.6) is 0 Å². The molecule has 92 valence electrons. The van der Waals surface area contributed by atoms with E-state index in [2.05, 4.69) is 4.98 Å². The maximum Gasteiger partial charge on any atom is 0.432 e. The molecule has 1 unspecified atom stereocenters. The van der Waals surface area contributed by atoms with Gasteiger partial charge in [0.15, 0.2) is 0 Å². The zero-order valence-corrected chi connectivity index (χ0v) is 9.65. The number of nitrogens with two attached hydrogens (primary N) is 1. The van der Waals surface area contributed by atoms with Crippen LogP contribution < -0.4 is 5.73 Å². The number of halogens is 4. The van der Waals surface area contributed by atoms with Gasteiger partial charge in [-0.2, -0.15) is 13.2 Å². The van der Waals surface area contributed by atoms with Crippen molar-refractivity contribution >= 4 is 22.5 Å². The summed E-state index contributed by atoms with van der Waals surface area (Å²) in [5.74, 6) is 0. The fourth-order valence-corrected chi connectivity index (χ4v) is 2.17. The van der Waals surface area contributed by atoms with E-state index in [1.54, 1.807) is 25.1 Å². The normalized spacial score (nSPS) is 14.2. The first-order chi connectivity index (χ1) is 7.82. The lowest BCUT2D eigenvalue weighted by molar-refractivity contribution is -0.140. The molecule has 0 saturated heterocycles. The summed E-state index contributed by atoms with van der Waals surface area (Å²) in [6.07, 6.45) is -4.49. The lowest BCUT2D eigenvalue weighted by Crippen LogP contribution is -2.06. The van der Waals surface area contributed by atoms with Gasteiger partial charge in [-0.3, -0.25) is 0 Å². The molecular weight excluding hydrogens is 253 g/mol. The van der Waals surface area contributed by atoms with E-state index in [0.29, 0.717) is 16.5 Å². The van der Waals surface area contributed by atoms with Crippen LogP contribution in [0.15, 0.2) is 18.2 Å². The molecule has 0 aliphatic rings. The van der Waals surface area contributed by atoms with Crippen molar-refractivity contribution in [3.05, 3.63) is 34.5 Å². The summed E-state index contributed by atoms with van der Waals surface area (Å²) >= 11 is 5.78. The Hall–Kier alpha value is -1.20. The number of hydrogen-bond donors (Lipinski definition) is 2. The zero-order valence-electron chi connectivity index (χ0n) is 8.90. The number of benzene rings is 1. The van der Waals surface area contributed by atoms with Crippen molar-refractivity contribution in [2.24, 2.45) is 5.73 Å². The fraction of sp³-hybridized carbons (Fsp3) is 0.273. The van der Waals surface area contributed by atoms with E-state index in [9.17, 15) is 13.2 Å². The second kappa shape index (κ2) is 3.92. The van der Waals surface area contributed by atoms with Crippen molar-refractivity contribution < 1.29 is 13.2 Å². The highest BCUT2D eigenvalue weighted by Crippen LogP contribution is 2.40. The first-order valence-corrected chi connectivity index (χ1v) is 5.33. The van der Waals surface area contributed by atoms with Crippen LogP contribution in [-0.4, -0.2) is 4.98 Å². The van der Waals surface area contributed by atoms with Crippen LogP contribution in [-0.2, 0) is 6.18 Å². The monoisotopic (exact) mass is 262 g/mol. The minimum absolute atomic E-state index is 0.319. The van der Waals surface area contributed by atoms with E-state index < -0.39 is 11.9 Å². The highest BCUT2D eigenvalue weighted by atomic mass is 35.5.